The Labute approximate surface area is 198 Å². The Morgan fingerprint density at radius 1 is 0.812 bits per heavy atom. The Balaban J connectivity index is 2.64. The van der Waals surface area contributed by atoms with Crippen molar-refractivity contribution < 1.29 is 19.4 Å². The van der Waals surface area contributed by atoms with Crippen molar-refractivity contribution in [3.63, 3.8) is 0 Å². The summed E-state index contributed by atoms with van der Waals surface area (Å²) < 4.78 is 6.19. The largest absolute Gasteiger partial charge is 0.481 e. The summed E-state index contributed by atoms with van der Waals surface area (Å²) in [6.45, 7) is 9.03. The molecule has 32 heavy (non-hydrogen) atoms. The maximum Gasteiger partial charge on any atom is 0.309 e. The van der Waals surface area contributed by atoms with E-state index in [4.69, 9.17) is 4.74 Å². The van der Waals surface area contributed by atoms with Crippen molar-refractivity contribution in [3.05, 3.63) is 0 Å². The molecule has 4 heteroatoms. The molecule has 0 saturated heterocycles. The highest BCUT2D eigenvalue weighted by molar-refractivity contribution is 5.75. The normalized spacial score (nSPS) is 20.8. The molecule has 0 aromatic carbocycles. The van der Waals surface area contributed by atoms with Crippen molar-refractivity contribution in [2.75, 3.05) is 0 Å². The maximum absolute atomic E-state index is 13.0. The molecule has 0 aromatic heterocycles. The van der Waals surface area contributed by atoms with Gasteiger partial charge in [-0.2, -0.15) is 0 Å². The molecule has 1 fully saturated rings. The Morgan fingerprint density at radius 2 is 1.44 bits per heavy atom. The minimum atomic E-state index is -0.764. The summed E-state index contributed by atoms with van der Waals surface area (Å²) in [6, 6.07) is 0. The fourth-order valence-corrected chi connectivity index (χ4v) is 5.24. The van der Waals surface area contributed by atoms with Gasteiger partial charge >= 0.3 is 11.9 Å². The predicted molar refractivity (Wildman–Crippen MR) is 133 cm³/mol. The number of unbranched alkanes of at least 4 members (excludes halogenated alkanes) is 6. The van der Waals surface area contributed by atoms with Crippen LogP contribution >= 0.6 is 0 Å². The molecule has 0 spiro atoms. The van der Waals surface area contributed by atoms with Crippen LogP contribution in [0.25, 0.3) is 0 Å². The zero-order valence-electron chi connectivity index (χ0n) is 21.6. The maximum atomic E-state index is 13.0. The van der Waals surface area contributed by atoms with Crippen LogP contribution in [-0.4, -0.2) is 23.1 Å². The average Bonchev–Trinajstić information content (AvgIpc) is 2.77. The second-order valence-electron chi connectivity index (χ2n) is 10.7. The molecule has 1 aliphatic carbocycles. The van der Waals surface area contributed by atoms with E-state index >= 15 is 0 Å². The van der Waals surface area contributed by atoms with Gasteiger partial charge in [-0.05, 0) is 56.8 Å². The minimum Gasteiger partial charge on any atom is -0.481 e. The predicted octanol–water partition coefficient (Wildman–Crippen LogP) is 8.17. The lowest BCUT2D eigenvalue weighted by Gasteiger charge is -2.31. The smallest absolute Gasteiger partial charge is 0.309 e. The summed E-state index contributed by atoms with van der Waals surface area (Å²) in [7, 11) is 0. The van der Waals surface area contributed by atoms with Gasteiger partial charge in [0.1, 0.15) is 6.10 Å². The fraction of sp³-hybridized carbons (Fsp3) is 0.929. The zero-order valence-corrected chi connectivity index (χ0v) is 21.6. The average molecular weight is 453 g/mol. The standard InChI is InChI=1S/C28H52O4/c1-5-7-11-17-23(15-6-2)26(20-13-10-8-9-12-16-22(3)4)32-28(31)25-19-14-18-24(21-25)27(29)30/h22-26H,5-21H2,1-4H3,(H,29,30). The first-order chi connectivity index (χ1) is 15.4. The first-order valence-corrected chi connectivity index (χ1v) is 13.8. The van der Waals surface area contributed by atoms with Gasteiger partial charge < -0.3 is 9.84 Å². The molecule has 1 aliphatic rings. The van der Waals surface area contributed by atoms with Crippen molar-refractivity contribution >= 4 is 11.9 Å². The monoisotopic (exact) mass is 452 g/mol. The van der Waals surface area contributed by atoms with Crippen LogP contribution in [0.3, 0.4) is 0 Å². The van der Waals surface area contributed by atoms with Gasteiger partial charge in [-0.15, -0.1) is 0 Å². The third kappa shape index (κ3) is 12.3. The Bertz CT molecular complexity index is 502. The van der Waals surface area contributed by atoms with E-state index in [2.05, 4.69) is 27.7 Å². The van der Waals surface area contributed by atoms with E-state index in [9.17, 15) is 14.7 Å². The van der Waals surface area contributed by atoms with Gasteiger partial charge in [0.25, 0.3) is 0 Å². The van der Waals surface area contributed by atoms with Gasteiger partial charge in [-0.1, -0.05) is 91.9 Å². The second kappa shape index (κ2) is 17.4. The summed E-state index contributed by atoms with van der Waals surface area (Å²) >= 11 is 0. The SMILES string of the molecule is CCCCCC(CCC)C(CCCCCCCC(C)C)OC(=O)C1CCCC(C(=O)O)C1. The molecule has 4 atom stereocenters. The third-order valence-electron chi connectivity index (χ3n) is 7.26. The number of carbonyl (C=O) groups excluding carboxylic acids is 1. The molecule has 4 nitrogen and oxygen atoms in total. The molecular weight excluding hydrogens is 400 g/mol. The highest BCUT2D eigenvalue weighted by Crippen LogP contribution is 2.32. The number of carboxylic acid groups (broad SMARTS) is 1. The van der Waals surface area contributed by atoms with Gasteiger partial charge in [-0.25, -0.2) is 0 Å². The van der Waals surface area contributed by atoms with Gasteiger partial charge in [0.15, 0.2) is 0 Å². The summed E-state index contributed by atoms with van der Waals surface area (Å²) in [6.07, 6.45) is 18.2. The van der Waals surface area contributed by atoms with Crippen LogP contribution in [0.1, 0.15) is 137 Å². The van der Waals surface area contributed by atoms with E-state index in [1.807, 2.05) is 0 Å². The lowest BCUT2D eigenvalue weighted by atomic mass is 9.81. The van der Waals surface area contributed by atoms with Crippen LogP contribution in [0.2, 0.25) is 0 Å². The zero-order chi connectivity index (χ0) is 23.8. The number of esters is 1. The van der Waals surface area contributed by atoms with Crippen LogP contribution in [0.4, 0.5) is 0 Å². The molecule has 1 saturated carbocycles. The number of ether oxygens (including phenoxy) is 1. The summed E-state index contributed by atoms with van der Waals surface area (Å²) in [4.78, 5) is 24.5. The number of rotatable bonds is 18. The summed E-state index contributed by atoms with van der Waals surface area (Å²) in [5, 5.41) is 9.38. The van der Waals surface area contributed by atoms with Crippen LogP contribution in [0.5, 0.6) is 0 Å². The summed E-state index contributed by atoms with van der Waals surface area (Å²) in [5.41, 5.74) is 0. The van der Waals surface area contributed by atoms with Crippen molar-refractivity contribution in [1.29, 1.82) is 0 Å². The van der Waals surface area contributed by atoms with E-state index in [1.165, 1.54) is 51.4 Å². The Hall–Kier alpha value is -1.06. The molecule has 0 heterocycles. The summed E-state index contributed by atoms with van der Waals surface area (Å²) in [5.74, 6) is -0.287. The van der Waals surface area contributed by atoms with Crippen LogP contribution in [0.15, 0.2) is 0 Å². The molecule has 0 aliphatic heterocycles. The molecule has 4 unspecified atom stereocenters. The molecule has 188 valence electrons. The molecular formula is C28H52O4. The number of aliphatic carboxylic acids is 1. The van der Waals surface area contributed by atoms with Gasteiger partial charge in [0.2, 0.25) is 0 Å². The first kappa shape index (κ1) is 29.0. The molecule has 0 aromatic rings. The van der Waals surface area contributed by atoms with Crippen molar-refractivity contribution in [2.45, 2.75) is 143 Å². The van der Waals surface area contributed by atoms with E-state index < -0.39 is 5.97 Å². The van der Waals surface area contributed by atoms with E-state index in [-0.39, 0.29) is 23.9 Å². The van der Waals surface area contributed by atoms with Gasteiger partial charge in [0.05, 0.1) is 11.8 Å². The Kier molecular flexibility index (Phi) is 15.8. The quantitative estimate of drug-likeness (QED) is 0.168. The van der Waals surface area contributed by atoms with Crippen molar-refractivity contribution in [1.82, 2.24) is 0 Å². The van der Waals surface area contributed by atoms with Crippen molar-refractivity contribution in [2.24, 2.45) is 23.7 Å². The fourth-order valence-electron chi connectivity index (χ4n) is 5.24. The highest BCUT2D eigenvalue weighted by Gasteiger charge is 2.34. The first-order valence-electron chi connectivity index (χ1n) is 13.8. The van der Waals surface area contributed by atoms with E-state index in [1.54, 1.807) is 0 Å². The number of hydrogen-bond acceptors (Lipinski definition) is 3. The van der Waals surface area contributed by atoms with Crippen LogP contribution < -0.4 is 0 Å². The molecule has 1 N–H and O–H groups in total. The lowest BCUT2D eigenvalue weighted by molar-refractivity contribution is -0.160. The molecule has 0 radical (unpaired) electrons. The van der Waals surface area contributed by atoms with Crippen LogP contribution in [-0.2, 0) is 14.3 Å². The lowest BCUT2D eigenvalue weighted by Crippen LogP contribution is -2.33. The van der Waals surface area contributed by atoms with Crippen LogP contribution in [0, 0.1) is 23.7 Å². The molecule has 0 bridgehead atoms. The van der Waals surface area contributed by atoms with E-state index in [0.29, 0.717) is 18.8 Å². The minimum absolute atomic E-state index is 0.000162. The highest BCUT2D eigenvalue weighted by atomic mass is 16.5. The van der Waals surface area contributed by atoms with Crippen molar-refractivity contribution in [3.8, 4) is 0 Å². The second-order valence-corrected chi connectivity index (χ2v) is 10.7. The van der Waals surface area contributed by atoms with E-state index in [0.717, 1.165) is 50.9 Å². The third-order valence-corrected chi connectivity index (χ3v) is 7.26. The topological polar surface area (TPSA) is 63.6 Å². The number of carboxylic acids is 1. The van der Waals surface area contributed by atoms with Gasteiger partial charge in [0, 0.05) is 0 Å². The number of hydrogen-bond donors (Lipinski definition) is 1. The molecule has 1 rings (SSSR count). The Morgan fingerprint density at radius 3 is 2.06 bits per heavy atom. The molecule has 0 amide bonds. The van der Waals surface area contributed by atoms with Gasteiger partial charge in [-0.3, -0.25) is 9.59 Å². The number of carbonyl (C=O) groups is 2.